The van der Waals surface area contributed by atoms with E-state index in [1.165, 1.54) is 25.7 Å². The molecule has 3 amide bonds. The van der Waals surface area contributed by atoms with Gasteiger partial charge in [-0.3, -0.25) is 15.0 Å². The molecule has 142 valence electrons. The Kier molecular flexibility index (Phi) is 6.33. The van der Waals surface area contributed by atoms with E-state index in [9.17, 15) is 9.59 Å². The summed E-state index contributed by atoms with van der Waals surface area (Å²) in [7, 11) is 1.95. The highest BCUT2D eigenvalue weighted by molar-refractivity contribution is 6.01. The summed E-state index contributed by atoms with van der Waals surface area (Å²) in [5, 5.41) is 5.05. The lowest BCUT2D eigenvalue weighted by atomic mass is 10.1. The zero-order valence-corrected chi connectivity index (χ0v) is 15.3. The van der Waals surface area contributed by atoms with Crippen molar-refractivity contribution in [3.8, 4) is 11.5 Å². The van der Waals surface area contributed by atoms with Gasteiger partial charge in [0.1, 0.15) is 13.2 Å². The first-order chi connectivity index (χ1) is 12.6. The number of imide groups is 1. The normalized spacial score (nSPS) is 17.5. The molecule has 1 aromatic carbocycles. The Morgan fingerprint density at radius 3 is 2.50 bits per heavy atom. The summed E-state index contributed by atoms with van der Waals surface area (Å²) in [5.74, 6) is 0.948. The van der Waals surface area contributed by atoms with Crippen LogP contribution in [0.1, 0.15) is 38.5 Å². The molecule has 0 unspecified atom stereocenters. The molecule has 1 aliphatic heterocycles. The molecular weight excluding hydrogens is 334 g/mol. The van der Waals surface area contributed by atoms with Crippen molar-refractivity contribution < 1.29 is 19.1 Å². The van der Waals surface area contributed by atoms with Gasteiger partial charge in [-0.25, -0.2) is 4.79 Å². The van der Waals surface area contributed by atoms with Gasteiger partial charge in [-0.15, -0.1) is 0 Å². The molecular formula is C19H27N3O4. The fourth-order valence-electron chi connectivity index (χ4n) is 3.50. The summed E-state index contributed by atoms with van der Waals surface area (Å²) >= 11 is 0. The average molecular weight is 361 g/mol. The number of urea groups is 1. The van der Waals surface area contributed by atoms with Crippen LogP contribution in [0.2, 0.25) is 0 Å². The molecule has 1 aliphatic carbocycles. The monoisotopic (exact) mass is 361 g/mol. The molecule has 3 rings (SSSR count). The number of amides is 3. The van der Waals surface area contributed by atoms with Crippen LogP contribution in [0.5, 0.6) is 11.5 Å². The first kappa shape index (κ1) is 18.5. The number of rotatable bonds is 4. The van der Waals surface area contributed by atoms with E-state index in [-0.39, 0.29) is 12.5 Å². The van der Waals surface area contributed by atoms with Gasteiger partial charge in [0, 0.05) is 17.8 Å². The molecule has 1 aromatic rings. The van der Waals surface area contributed by atoms with Gasteiger partial charge in [-0.05, 0) is 32.0 Å². The minimum absolute atomic E-state index is 0.221. The van der Waals surface area contributed by atoms with E-state index in [4.69, 9.17) is 9.47 Å². The van der Waals surface area contributed by atoms with Crippen LogP contribution in [0.15, 0.2) is 18.2 Å². The number of hydrogen-bond acceptors (Lipinski definition) is 5. The van der Waals surface area contributed by atoms with Crippen LogP contribution in [0.3, 0.4) is 0 Å². The van der Waals surface area contributed by atoms with Crippen molar-refractivity contribution in [1.82, 2.24) is 10.2 Å². The fourth-order valence-corrected chi connectivity index (χ4v) is 3.50. The number of nitrogens with zero attached hydrogens (tertiary/aromatic N) is 1. The molecule has 0 aromatic heterocycles. The minimum atomic E-state index is -0.541. The number of hydrogen-bond donors (Lipinski definition) is 2. The first-order valence-electron chi connectivity index (χ1n) is 9.32. The summed E-state index contributed by atoms with van der Waals surface area (Å²) in [4.78, 5) is 26.3. The Balaban J connectivity index is 1.47. The van der Waals surface area contributed by atoms with Crippen molar-refractivity contribution in [2.75, 3.05) is 32.1 Å². The quantitative estimate of drug-likeness (QED) is 0.806. The zero-order chi connectivity index (χ0) is 18.4. The van der Waals surface area contributed by atoms with Crippen LogP contribution < -0.4 is 20.1 Å². The van der Waals surface area contributed by atoms with Crippen molar-refractivity contribution in [1.29, 1.82) is 0 Å². The molecule has 1 saturated carbocycles. The Hall–Kier alpha value is -2.28. The highest BCUT2D eigenvalue weighted by Crippen LogP contribution is 2.32. The number of ether oxygens (including phenoxy) is 2. The number of carbonyl (C=O) groups is 2. The zero-order valence-electron chi connectivity index (χ0n) is 15.3. The van der Waals surface area contributed by atoms with Crippen molar-refractivity contribution in [3.63, 3.8) is 0 Å². The summed E-state index contributed by atoms with van der Waals surface area (Å²) in [5.41, 5.74) is 0.552. The van der Waals surface area contributed by atoms with Gasteiger partial charge in [0.05, 0.1) is 6.54 Å². The summed E-state index contributed by atoms with van der Waals surface area (Å²) in [6.45, 7) is 1.22. The lowest BCUT2D eigenvalue weighted by Gasteiger charge is -2.26. The van der Waals surface area contributed by atoms with Gasteiger partial charge in [-0.2, -0.15) is 0 Å². The van der Waals surface area contributed by atoms with Crippen LogP contribution >= 0.6 is 0 Å². The SMILES string of the molecule is CN(CC(=O)NC(=O)Nc1ccc2c(c1)OCCO2)C1CCCCCC1. The molecule has 0 saturated heterocycles. The highest BCUT2D eigenvalue weighted by Gasteiger charge is 2.20. The molecule has 2 N–H and O–H groups in total. The van der Waals surface area contributed by atoms with Crippen LogP contribution in [0, 0.1) is 0 Å². The van der Waals surface area contributed by atoms with Gasteiger partial charge in [-0.1, -0.05) is 25.7 Å². The number of carbonyl (C=O) groups excluding carboxylic acids is 2. The maximum absolute atomic E-state index is 12.2. The lowest BCUT2D eigenvalue weighted by Crippen LogP contribution is -2.43. The van der Waals surface area contributed by atoms with E-state index >= 15 is 0 Å². The second-order valence-electron chi connectivity index (χ2n) is 6.92. The maximum Gasteiger partial charge on any atom is 0.325 e. The largest absolute Gasteiger partial charge is 0.486 e. The average Bonchev–Trinajstić information content (AvgIpc) is 2.91. The molecule has 2 aliphatic rings. The molecule has 7 heteroatoms. The molecule has 26 heavy (non-hydrogen) atoms. The molecule has 0 spiro atoms. The van der Waals surface area contributed by atoms with Gasteiger partial charge in [0.25, 0.3) is 0 Å². The number of benzene rings is 1. The van der Waals surface area contributed by atoms with Crippen molar-refractivity contribution >= 4 is 17.6 Å². The van der Waals surface area contributed by atoms with Crippen molar-refractivity contribution in [3.05, 3.63) is 18.2 Å². The van der Waals surface area contributed by atoms with Gasteiger partial charge < -0.3 is 14.8 Å². The third-order valence-electron chi connectivity index (χ3n) is 4.89. The highest BCUT2D eigenvalue weighted by atomic mass is 16.6. The van der Waals surface area contributed by atoms with E-state index in [0.29, 0.717) is 36.4 Å². The van der Waals surface area contributed by atoms with Gasteiger partial charge in [0.2, 0.25) is 5.91 Å². The minimum Gasteiger partial charge on any atom is -0.486 e. The summed E-state index contributed by atoms with van der Waals surface area (Å²) in [6.07, 6.45) is 7.20. The third kappa shape index (κ3) is 5.11. The Morgan fingerprint density at radius 1 is 1.08 bits per heavy atom. The van der Waals surface area contributed by atoms with Crippen LogP contribution in [0.4, 0.5) is 10.5 Å². The van der Waals surface area contributed by atoms with Crippen molar-refractivity contribution in [2.45, 2.75) is 44.6 Å². The summed E-state index contributed by atoms with van der Waals surface area (Å²) < 4.78 is 10.9. The lowest BCUT2D eigenvalue weighted by molar-refractivity contribution is -0.121. The Labute approximate surface area is 154 Å². The number of nitrogens with one attached hydrogen (secondary N) is 2. The first-order valence-corrected chi connectivity index (χ1v) is 9.32. The third-order valence-corrected chi connectivity index (χ3v) is 4.89. The molecule has 0 radical (unpaired) electrons. The van der Waals surface area contributed by atoms with Gasteiger partial charge >= 0.3 is 6.03 Å². The Bertz CT molecular complexity index is 642. The number of anilines is 1. The standard InChI is InChI=1S/C19H27N3O4/c1-22(15-6-4-2-3-5-7-15)13-18(23)21-19(24)20-14-8-9-16-17(12-14)26-11-10-25-16/h8-9,12,15H,2-7,10-11,13H2,1H3,(H2,20,21,23,24). The smallest absolute Gasteiger partial charge is 0.325 e. The molecule has 0 atom stereocenters. The maximum atomic E-state index is 12.2. The van der Waals surface area contributed by atoms with E-state index < -0.39 is 6.03 Å². The van der Waals surface area contributed by atoms with E-state index in [1.807, 2.05) is 7.05 Å². The topological polar surface area (TPSA) is 79.9 Å². The van der Waals surface area contributed by atoms with Gasteiger partial charge in [0.15, 0.2) is 11.5 Å². The predicted molar refractivity (Wildman–Crippen MR) is 98.7 cm³/mol. The fraction of sp³-hybridized carbons (Fsp3) is 0.579. The number of likely N-dealkylation sites (N-methyl/N-ethyl adjacent to an activating group) is 1. The molecule has 0 bridgehead atoms. The van der Waals surface area contributed by atoms with E-state index in [1.54, 1.807) is 18.2 Å². The predicted octanol–water partition coefficient (Wildman–Crippen LogP) is 2.76. The summed E-state index contributed by atoms with van der Waals surface area (Å²) in [6, 6.07) is 5.03. The second kappa shape index (κ2) is 8.89. The van der Waals surface area contributed by atoms with E-state index in [0.717, 1.165) is 12.8 Å². The molecule has 1 heterocycles. The van der Waals surface area contributed by atoms with Crippen LogP contribution in [-0.4, -0.2) is 49.7 Å². The number of fused-ring (bicyclic) bond motifs is 1. The molecule has 1 fully saturated rings. The second-order valence-corrected chi connectivity index (χ2v) is 6.92. The van der Waals surface area contributed by atoms with Crippen LogP contribution in [-0.2, 0) is 4.79 Å². The van der Waals surface area contributed by atoms with Crippen molar-refractivity contribution in [2.24, 2.45) is 0 Å². The Morgan fingerprint density at radius 2 is 1.77 bits per heavy atom. The molecule has 7 nitrogen and oxygen atoms in total. The van der Waals surface area contributed by atoms with Crippen LogP contribution in [0.25, 0.3) is 0 Å². The van der Waals surface area contributed by atoms with E-state index in [2.05, 4.69) is 15.5 Å².